The molecule has 1 amide bonds. The van der Waals surface area contributed by atoms with Crippen LogP contribution in [0, 0.1) is 0 Å². The number of hydrogen-bond acceptors (Lipinski definition) is 2. The standard InChI is InChI=1S/C23H18F3NOS/c24-23(25,26)20-12-10-19(11-13-20)22-27(14-15-29-22)21(28)18-8-6-17(7-9-18)16-4-2-1-3-5-16/h1-13,22H,14-15H2/t22-/m1/s1. The van der Waals surface area contributed by atoms with Gasteiger partial charge in [0.2, 0.25) is 0 Å². The van der Waals surface area contributed by atoms with Crippen LogP contribution in [0.25, 0.3) is 11.1 Å². The average molecular weight is 413 g/mol. The van der Waals surface area contributed by atoms with Crippen molar-refractivity contribution in [3.63, 3.8) is 0 Å². The molecule has 3 aromatic rings. The number of carbonyl (C=O) groups excluding carboxylic acids is 1. The van der Waals surface area contributed by atoms with Gasteiger partial charge in [-0.25, -0.2) is 0 Å². The lowest BCUT2D eigenvalue weighted by molar-refractivity contribution is -0.137. The second-order valence-electron chi connectivity index (χ2n) is 6.78. The Hall–Kier alpha value is -2.73. The first-order valence-corrected chi connectivity index (χ1v) is 10.2. The van der Waals surface area contributed by atoms with Crippen molar-refractivity contribution in [3.05, 3.63) is 95.6 Å². The average Bonchev–Trinajstić information content (AvgIpc) is 3.23. The number of halogens is 3. The van der Waals surface area contributed by atoms with Gasteiger partial charge in [-0.05, 0) is 41.0 Å². The van der Waals surface area contributed by atoms with E-state index in [2.05, 4.69) is 0 Å². The van der Waals surface area contributed by atoms with Gasteiger partial charge in [-0.3, -0.25) is 4.79 Å². The lowest BCUT2D eigenvalue weighted by atomic mass is 10.0. The Morgan fingerprint density at radius 3 is 2.10 bits per heavy atom. The SMILES string of the molecule is O=C(c1ccc(-c2ccccc2)cc1)N1CCS[C@@H]1c1ccc(C(F)(F)F)cc1. The maximum atomic E-state index is 13.0. The van der Waals surface area contributed by atoms with Gasteiger partial charge in [0.1, 0.15) is 5.37 Å². The molecule has 1 atom stereocenters. The van der Waals surface area contributed by atoms with Crippen molar-refractivity contribution in [2.45, 2.75) is 11.6 Å². The molecule has 0 N–H and O–H groups in total. The first-order chi connectivity index (χ1) is 13.9. The Balaban J connectivity index is 1.53. The summed E-state index contributed by atoms with van der Waals surface area (Å²) < 4.78 is 38.4. The van der Waals surface area contributed by atoms with Crippen LogP contribution in [0.2, 0.25) is 0 Å². The van der Waals surface area contributed by atoms with Gasteiger partial charge in [-0.2, -0.15) is 13.2 Å². The van der Waals surface area contributed by atoms with Crippen molar-refractivity contribution in [2.24, 2.45) is 0 Å². The summed E-state index contributed by atoms with van der Waals surface area (Å²) >= 11 is 1.56. The monoisotopic (exact) mass is 413 g/mol. The van der Waals surface area contributed by atoms with Crippen LogP contribution in [-0.2, 0) is 6.18 Å². The fourth-order valence-electron chi connectivity index (χ4n) is 3.39. The molecule has 0 unspecified atom stereocenters. The third kappa shape index (κ3) is 4.17. The van der Waals surface area contributed by atoms with Gasteiger partial charge in [0.25, 0.3) is 5.91 Å². The third-order valence-electron chi connectivity index (χ3n) is 4.91. The van der Waals surface area contributed by atoms with Crippen LogP contribution in [0.1, 0.15) is 26.9 Å². The molecule has 1 saturated heterocycles. The van der Waals surface area contributed by atoms with Crippen LogP contribution in [0.4, 0.5) is 13.2 Å². The third-order valence-corrected chi connectivity index (χ3v) is 6.17. The normalized spacial score (nSPS) is 16.8. The van der Waals surface area contributed by atoms with Crippen molar-refractivity contribution >= 4 is 17.7 Å². The largest absolute Gasteiger partial charge is 0.416 e. The highest BCUT2D eigenvalue weighted by Gasteiger charge is 2.33. The first-order valence-electron chi connectivity index (χ1n) is 9.19. The van der Waals surface area contributed by atoms with E-state index >= 15 is 0 Å². The summed E-state index contributed by atoms with van der Waals surface area (Å²) in [6.45, 7) is 0.565. The van der Waals surface area contributed by atoms with Gasteiger partial charge in [0, 0.05) is 17.9 Å². The number of rotatable bonds is 3. The van der Waals surface area contributed by atoms with Gasteiger partial charge in [0.05, 0.1) is 5.56 Å². The van der Waals surface area contributed by atoms with Crippen molar-refractivity contribution in [1.29, 1.82) is 0 Å². The molecule has 6 heteroatoms. The van der Waals surface area contributed by atoms with Gasteiger partial charge in [-0.15, -0.1) is 11.8 Å². The zero-order chi connectivity index (χ0) is 20.4. The molecule has 148 valence electrons. The molecule has 4 rings (SSSR count). The Bertz CT molecular complexity index is 985. The quantitative estimate of drug-likeness (QED) is 0.505. The van der Waals surface area contributed by atoms with E-state index in [1.165, 1.54) is 12.1 Å². The Morgan fingerprint density at radius 2 is 1.48 bits per heavy atom. The van der Waals surface area contributed by atoms with E-state index in [0.29, 0.717) is 17.7 Å². The smallest absolute Gasteiger partial charge is 0.322 e. The van der Waals surface area contributed by atoms with E-state index in [9.17, 15) is 18.0 Å². The summed E-state index contributed by atoms with van der Waals surface area (Å²) in [4.78, 5) is 14.8. The maximum Gasteiger partial charge on any atom is 0.416 e. The summed E-state index contributed by atoms with van der Waals surface area (Å²) in [6.07, 6.45) is -4.36. The van der Waals surface area contributed by atoms with E-state index < -0.39 is 11.7 Å². The molecule has 0 aromatic heterocycles. The molecular weight excluding hydrogens is 395 g/mol. The van der Waals surface area contributed by atoms with Crippen LogP contribution < -0.4 is 0 Å². The van der Waals surface area contributed by atoms with Crippen molar-refractivity contribution < 1.29 is 18.0 Å². The highest BCUT2D eigenvalue weighted by Crippen LogP contribution is 2.40. The molecule has 1 heterocycles. The molecule has 1 aliphatic heterocycles. The number of alkyl halides is 3. The van der Waals surface area contributed by atoms with Crippen LogP contribution in [0.3, 0.4) is 0 Å². The molecule has 0 bridgehead atoms. The molecular formula is C23H18F3NOS. The van der Waals surface area contributed by atoms with E-state index in [4.69, 9.17) is 0 Å². The molecule has 0 saturated carbocycles. The highest BCUT2D eigenvalue weighted by atomic mass is 32.2. The second kappa shape index (κ2) is 7.95. The van der Waals surface area contributed by atoms with Crippen molar-refractivity contribution in [2.75, 3.05) is 12.3 Å². The molecule has 1 aliphatic rings. The van der Waals surface area contributed by atoms with E-state index in [-0.39, 0.29) is 11.3 Å². The lowest BCUT2D eigenvalue weighted by Crippen LogP contribution is -2.30. The zero-order valence-electron chi connectivity index (χ0n) is 15.4. The van der Waals surface area contributed by atoms with E-state index in [1.807, 2.05) is 42.5 Å². The minimum Gasteiger partial charge on any atom is -0.322 e. The van der Waals surface area contributed by atoms with E-state index in [0.717, 1.165) is 29.0 Å². The second-order valence-corrected chi connectivity index (χ2v) is 7.97. The summed E-state index contributed by atoms with van der Waals surface area (Å²) in [5.41, 5.74) is 2.69. The molecule has 3 aromatic carbocycles. The predicted molar refractivity (Wildman–Crippen MR) is 110 cm³/mol. The number of hydrogen-bond donors (Lipinski definition) is 0. The Morgan fingerprint density at radius 1 is 0.862 bits per heavy atom. The topological polar surface area (TPSA) is 20.3 Å². The molecule has 29 heavy (non-hydrogen) atoms. The highest BCUT2D eigenvalue weighted by molar-refractivity contribution is 7.99. The molecule has 1 fully saturated rings. The fraction of sp³-hybridized carbons (Fsp3) is 0.174. The van der Waals surface area contributed by atoms with Crippen LogP contribution in [0.5, 0.6) is 0 Å². The van der Waals surface area contributed by atoms with Crippen molar-refractivity contribution in [3.8, 4) is 11.1 Å². The van der Waals surface area contributed by atoms with Crippen LogP contribution >= 0.6 is 11.8 Å². The fourth-order valence-corrected chi connectivity index (χ4v) is 4.65. The number of amides is 1. The predicted octanol–water partition coefficient (Wildman–Crippen LogP) is 6.26. The molecule has 0 aliphatic carbocycles. The summed E-state index contributed by atoms with van der Waals surface area (Å²) in [5.74, 6) is 0.638. The number of carbonyl (C=O) groups is 1. The van der Waals surface area contributed by atoms with Crippen LogP contribution in [-0.4, -0.2) is 23.1 Å². The summed E-state index contributed by atoms with van der Waals surface area (Å²) in [7, 11) is 0. The first kappa shape index (κ1) is 19.6. The Labute approximate surface area is 171 Å². The summed E-state index contributed by atoms with van der Waals surface area (Å²) in [6, 6.07) is 22.4. The van der Waals surface area contributed by atoms with Gasteiger partial charge in [-0.1, -0.05) is 54.6 Å². The number of thioether (sulfide) groups is 1. The van der Waals surface area contributed by atoms with Gasteiger partial charge in [0.15, 0.2) is 0 Å². The molecule has 0 radical (unpaired) electrons. The number of nitrogens with zero attached hydrogens (tertiary/aromatic N) is 1. The van der Waals surface area contributed by atoms with E-state index in [1.54, 1.807) is 28.8 Å². The summed E-state index contributed by atoms with van der Waals surface area (Å²) in [5, 5.41) is -0.279. The van der Waals surface area contributed by atoms with Crippen LogP contribution in [0.15, 0.2) is 78.9 Å². The lowest BCUT2D eigenvalue weighted by Gasteiger charge is -2.24. The minimum absolute atomic E-state index is 0.112. The molecule has 0 spiro atoms. The van der Waals surface area contributed by atoms with Crippen molar-refractivity contribution in [1.82, 2.24) is 4.90 Å². The number of benzene rings is 3. The molecule has 2 nitrogen and oxygen atoms in total. The Kier molecular flexibility index (Phi) is 5.37. The maximum absolute atomic E-state index is 13.0. The zero-order valence-corrected chi connectivity index (χ0v) is 16.2. The minimum atomic E-state index is -4.36. The van der Waals surface area contributed by atoms with Gasteiger partial charge < -0.3 is 4.90 Å². The van der Waals surface area contributed by atoms with Gasteiger partial charge >= 0.3 is 6.18 Å².